The lowest BCUT2D eigenvalue weighted by molar-refractivity contribution is 0.311. The molecule has 0 unspecified atom stereocenters. The highest BCUT2D eigenvalue weighted by Gasteiger charge is 2.52. The van der Waals surface area contributed by atoms with E-state index in [0.29, 0.717) is 30.7 Å². The van der Waals surface area contributed by atoms with Gasteiger partial charge in [0.15, 0.2) is 93.1 Å². The van der Waals surface area contributed by atoms with Crippen molar-refractivity contribution in [3.8, 4) is 44.5 Å². The number of halogens is 20. The standard InChI is InChI=1S/C49H19F20N5/c50-28-24(29(51)37(59)44(66)36(28)58)20-12-3-4-13(70-12)21(25-30(52)38(60)45(67)39(61)31(25)53)15-6-8-17(72-15)23(27-34(56)42(64)47(69)43(65)35(27)57)49-19-11(10-74-9-1-2-18(19)74)48(73-49)22(16-7-5-14(20)71-16)26-32(54)40(62)46(68)41(63)33(26)55/h3-8,11,18-19,71-72H,1-2,9-10H2/t11-,18-,19-/m1/s1. The second-order valence-corrected chi connectivity index (χ2v) is 17.3. The van der Waals surface area contributed by atoms with Gasteiger partial charge in [0.25, 0.3) is 0 Å². The first kappa shape index (κ1) is 48.6. The van der Waals surface area contributed by atoms with Gasteiger partial charge < -0.3 is 9.97 Å². The minimum atomic E-state index is -2.70. The molecule has 3 atom stereocenters. The van der Waals surface area contributed by atoms with Gasteiger partial charge in [0.1, 0.15) is 0 Å². The molecule has 0 spiro atoms. The summed E-state index contributed by atoms with van der Waals surface area (Å²) in [4.78, 5) is 14.9. The zero-order valence-electron chi connectivity index (χ0n) is 35.9. The molecule has 25 heteroatoms. The Kier molecular flexibility index (Phi) is 11.1. The monoisotopic (exact) mass is 1060 g/mol. The second-order valence-electron chi connectivity index (χ2n) is 17.3. The van der Waals surface area contributed by atoms with Crippen LogP contribution in [0.2, 0.25) is 0 Å². The first-order chi connectivity index (χ1) is 35.1. The number of rotatable bonds is 4. The molecule has 8 bridgehead atoms. The summed E-state index contributed by atoms with van der Waals surface area (Å²) in [7, 11) is 0. The van der Waals surface area contributed by atoms with Gasteiger partial charge in [-0.2, -0.15) is 0 Å². The van der Waals surface area contributed by atoms with Crippen LogP contribution in [0.25, 0.3) is 78.7 Å². The lowest BCUT2D eigenvalue weighted by Crippen LogP contribution is -2.25. The van der Waals surface area contributed by atoms with Crippen LogP contribution in [0.3, 0.4) is 0 Å². The second kappa shape index (κ2) is 16.9. The molecule has 380 valence electrons. The summed E-state index contributed by atoms with van der Waals surface area (Å²) in [5.74, 6) is -54.9. The Hall–Kier alpha value is -7.70. The fourth-order valence-corrected chi connectivity index (χ4v) is 10.4. The van der Waals surface area contributed by atoms with Crippen LogP contribution in [0.5, 0.6) is 0 Å². The van der Waals surface area contributed by atoms with Crippen molar-refractivity contribution in [1.29, 1.82) is 0 Å². The van der Waals surface area contributed by atoms with Crippen LogP contribution in [-0.2, 0) is 0 Å². The molecule has 11 rings (SSSR count). The average Bonchev–Trinajstić information content (AvgIpc) is 4.27. The number of fused-ring (bicyclic) bond motifs is 13. The van der Waals surface area contributed by atoms with Gasteiger partial charge in [0.05, 0.1) is 45.0 Å². The molecule has 2 N–H and O–H groups in total. The first-order valence-electron chi connectivity index (χ1n) is 21.4. The molecule has 74 heavy (non-hydrogen) atoms. The third-order valence-electron chi connectivity index (χ3n) is 13.6. The van der Waals surface area contributed by atoms with Gasteiger partial charge in [-0.1, -0.05) is 0 Å². The molecular weight excluding hydrogens is 1040 g/mol. The number of hydrogen-bond donors (Lipinski definition) is 2. The molecule has 0 saturated carbocycles. The van der Waals surface area contributed by atoms with Gasteiger partial charge in [-0.3, -0.25) is 9.88 Å². The van der Waals surface area contributed by atoms with Crippen molar-refractivity contribution in [2.24, 2.45) is 0 Å². The maximum absolute atomic E-state index is 16.4. The van der Waals surface area contributed by atoms with Crippen molar-refractivity contribution >= 4 is 34.2 Å². The van der Waals surface area contributed by atoms with Crippen LogP contribution in [-0.4, -0.2) is 44.0 Å². The Morgan fingerprint density at radius 3 is 1.00 bits per heavy atom. The van der Waals surface area contributed by atoms with Gasteiger partial charge >= 0.3 is 0 Å². The maximum atomic E-state index is 16.4. The third-order valence-corrected chi connectivity index (χ3v) is 13.6. The normalized spacial score (nSPS) is 17.3. The van der Waals surface area contributed by atoms with Crippen molar-refractivity contribution in [2.75, 3.05) is 13.1 Å². The van der Waals surface area contributed by atoms with E-state index in [1.165, 1.54) is 0 Å². The van der Waals surface area contributed by atoms with E-state index < -0.39 is 224 Å². The molecule has 4 aliphatic rings. The number of benzene rings is 4. The largest absolute Gasteiger partial charge is 0.354 e. The number of nitrogens with zero attached hydrogens (tertiary/aromatic N) is 3. The Morgan fingerprint density at radius 1 is 0.351 bits per heavy atom. The fraction of sp³-hybridized carbons (Fsp3) is 0.143. The number of hydrogen-bond acceptors (Lipinski definition) is 3. The fourth-order valence-electron chi connectivity index (χ4n) is 10.4. The van der Waals surface area contributed by atoms with E-state index in [-0.39, 0.29) is 19.5 Å². The van der Waals surface area contributed by atoms with E-state index in [2.05, 4.69) is 19.9 Å². The minimum Gasteiger partial charge on any atom is -0.354 e. The molecule has 7 aromatic rings. The Morgan fingerprint density at radius 2 is 0.649 bits per heavy atom. The van der Waals surface area contributed by atoms with Crippen LogP contribution in [0.4, 0.5) is 87.8 Å². The molecule has 4 aliphatic heterocycles. The van der Waals surface area contributed by atoms with Gasteiger partial charge in [-0.05, 0) is 55.8 Å². The van der Waals surface area contributed by atoms with Crippen LogP contribution >= 0.6 is 0 Å². The number of aromatic amines is 2. The minimum absolute atomic E-state index is 0.127. The lowest BCUT2D eigenvalue weighted by Gasteiger charge is -2.21. The molecule has 0 aliphatic carbocycles. The Bertz CT molecular complexity index is 3800. The van der Waals surface area contributed by atoms with Gasteiger partial charge in [0, 0.05) is 68.7 Å². The van der Waals surface area contributed by atoms with Crippen molar-refractivity contribution in [3.05, 3.63) is 163 Å². The summed E-state index contributed by atoms with van der Waals surface area (Å²) < 4.78 is 310. The van der Waals surface area contributed by atoms with Crippen molar-refractivity contribution < 1.29 is 87.8 Å². The summed E-state index contributed by atoms with van der Waals surface area (Å²) in [5, 5.41) is 0. The lowest BCUT2D eigenvalue weighted by atomic mass is 9.82. The maximum Gasteiger partial charge on any atom is 0.200 e. The molecule has 5 nitrogen and oxygen atoms in total. The Balaban J connectivity index is 1.45. The highest BCUT2D eigenvalue weighted by Crippen LogP contribution is 2.56. The van der Waals surface area contributed by atoms with Crippen LogP contribution in [0, 0.1) is 116 Å². The molecule has 2 fully saturated rings. The molecule has 0 amide bonds. The van der Waals surface area contributed by atoms with Gasteiger partial charge in [-0.25, -0.2) is 92.8 Å². The van der Waals surface area contributed by atoms with Crippen LogP contribution in [0.1, 0.15) is 47.5 Å². The van der Waals surface area contributed by atoms with E-state index in [0.717, 1.165) is 12.1 Å². The molecule has 7 heterocycles. The Labute approximate surface area is 398 Å². The highest BCUT2D eigenvalue weighted by molar-refractivity contribution is 5.98. The number of H-pyrrole nitrogens is 2. The quantitative estimate of drug-likeness (QED) is 0.105. The molecule has 3 aromatic heterocycles. The van der Waals surface area contributed by atoms with E-state index in [9.17, 15) is 17.6 Å². The van der Waals surface area contributed by atoms with Crippen molar-refractivity contribution in [1.82, 2.24) is 24.8 Å². The predicted octanol–water partition coefficient (Wildman–Crippen LogP) is 14.3. The third kappa shape index (κ3) is 6.62. The highest BCUT2D eigenvalue weighted by atomic mass is 19.2. The van der Waals surface area contributed by atoms with Gasteiger partial charge in [-0.15, -0.1) is 0 Å². The average molecular weight is 1060 g/mol. The van der Waals surface area contributed by atoms with Crippen LogP contribution < -0.4 is 0 Å². The first-order valence-corrected chi connectivity index (χ1v) is 21.4. The molecule has 4 aromatic carbocycles. The summed E-state index contributed by atoms with van der Waals surface area (Å²) in [6.45, 7) is -0.119. The summed E-state index contributed by atoms with van der Waals surface area (Å²) in [6.07, 6.45) is 1.75. The number of nitrogens with one attached hydrogen (secondary N) is 2. The van der Waals surface area contributed by atoms with E-state index in [1.807, 2.05) is 0 Å². The van der Waals surface area contributed by atoms with E-state index in [1.54, 1.807) is 4.90 Å². The summed E-state index contributed by atoms with van der Waals surface area (Å²) in [6, 6.07) is 1.96. The van der Waals surface area contributed by atoms with E-state index >= 15 is 70.2 Å². The van der Waals surface area contributed by atoms with Gasteiger partial charge in [0.2, 0.25) is 23.3 Å². The van der Waals surface area contributed by atoms with Crippen LogP contribution in [0.15, 0.2) is 24.3 Å². The topological polar surface area (TPSA) is 60.6 Å². The van der Waals surface area contributed by atoms with Crippen molar-refractivity contribution in [3.63, 3.8) is 0 Å². The number of aromatic nitrogens is 4. The molecule has 0 radical (unpaired) electrons. The smallest absolute Gasteiger partial charge is 0.200 e. The van der Waals surface area contributed by atoms with Crippen molar-refractivity contribution in [2.45, 2.75) is 30.7 Å². The molecular formula is C49H19F20N5. The zero-order chi connectivity index (χ0) is 53.0. The zero-order valence-corrected chi connectivity index (χ0v) is 35.9. The SMILES string of the molecule is Fc1c(F)c(F)c(-c2c3nc(c(-c4c(F)c(F)c(F)c(F)c4F)c4ccc([nH]4)c(-c4c(F)c(F)c(F)c(F)c4F)c4nc(c(-c5c(F)c(F)c(F)c(F)c5F)c5ccc2[nH]5)[C@H]2[C@H]5CCCN5C[C@@H]42)C=C3)c(F)c1F. The van der Waals surface area contributed by atoms with E-state index in [4.69, 9.17) is 0 Å². The summed E-state index contributed by atoms with van der Waals surface area (Å²) >= 11 is 0. The molecule has 2 saturated heterocycles. The predicted molar refractivity (Wildman–Crippen MR) is 221 cm³/mol. The summed E-state index contributed by atoms with van der Waals surface area (Å²) in [5.41, 5.74) is -19.0.